The van der Waals surface area contributed by atoms with Crippen LogP contribution in [-0.2, 0) is 32.0 Å². The van der Waals surface area contributed by atoms with Gasteiger partial charge in [-0.05, 0) is 13.8 Å². The Hall–Kier alpha value is -3.36. The summed E-state index contributed by atoms with van der Waals surface area (Å²) in [4.78, 5) is 21.6. The third-order valence-corrected chi connectivity index (χ3v) is 3.40. The smallest absolute Gasteiger partial charge is 0.416 e. The number of nitrogens with zero attached hydrogens (tertiary/aromatic N) is 2. The molecular formula is C21H23F3N2O4. The summed E-state index contributed by atoms with van der Waals surface area (Å²) < 4.78 is 40.1. The van der Waals surface area contributed by atoms with Crippen molar-refractivity contribution in [3.63, 3.8) is 0 Å². The summed E-state index contributed by atoms with van der Waals surface area (Å²) in [6.45, 7) is 3.89. The van der Waals surface area contributed by atoms with Crippen LogP contribution in [0.3, 0.4) is 0 Å². The van der Waals surface area contributed by atoms with E-state index in [-0.39, 0.29) is 12.3 Å². The Morgan fingerprint density at radius 2 is 1.53 bits per heavy atom. The third kappa shape index (κ3) is 8.34. The summed E-state index contributed by atoms with van der Waals surface area (Å²) in [6.07, 6.45) is -4.21. The zero-order chi connectivity index (χ0) is 22.6. The summed E-state index contributed by atoms with van der Waals surface area (Å²) >= 11 is 0. The molecule has 0 atom stereocenters. The Morgan fingerprint density at radius 1 is 0.933 bits per heavy atom. The topological polar surface area (TPSA) is 69.5 Å². The van der Waals surface area contributed by atoms with Crippen molar-refractivity contribution in [1.82, 2.24) is 0 Å². The zero-order valence-corrected chi connectivity index (χ0v) is 17.1. The molecule has 2 aromatic rings. The number of benzene rings is 2. The van der Waals surface area contributed by atoms with Crippen LogP contribution in [0.2, 0.25) is 0 Å². The molecule has 6 nitrogen and oxygen atoms in total. The first-order valence-electron chi connectivity index (χ1n) is 8.73. The van der Waals surface area contributed by atoms with Crippen LogP contribution in [0.25, 0.3) is 0 Å². The summed E-state index contributed by atoms with van der Waals surface area (Å²) in [5.74, 6) is -0.575. The minimum atomic E-state index is -4.21. The van der Waals surface area contributed by atoms with Crippen molar-refractivity contribution in [3.8, 4) is 0 Å². The lowest BCUT2D eigenvalue weighted by Gasteiger charge is -2.09. The van der Waals surface area contributed by atoms with Gasteiger partial charge in [-0.3, -0.25) is 0 Å². The highest BCUT2D eigenvalue weighted by Crippen LogP contribution is 2.28. The second-order valence-corrected chi connectivity index (χ2v) is 5.95. The molecule has 0 aliphatic carbocycles. The van der Waals surface area contributed by atoms with Gasteiger partial charge in [0.2, 0.25) is 0 Å². The van der Waals surface area contributed by atoms with E-state index in [9.17, 15) is 18.0 Å². The number of oxime groups is 2. The maximum atomic E-state index is 11.8. The van der Waals surface area contributed by atoms with Gasteiger partial charge in [0, 0.05) is 11.1 Å². The molecular weight excluding hydrogens is 401 g/mol. The molecule has 0 radical (unpaired) electrons. The number of methoxy groups -OCH3 is 1. The number of alkyl halides is 3. The van der Waals surface area contributed by atoms with E-state index in [0.29, 0.717) is 5.56 Å². The SMILES string of the molecule is CO/N=C(/C(=O)OC)c1ccccc1CON=C(C)C.FC(F)(F)c1ccccc1. The molecule has 0 bridgehead atoms. The lowest BCUT2D eigenvalue weighted by Crippen LogP contribution is -2.19. The molecule has 0 spiro atoms. The fraction of sp³-hybridized carbons (Fsp3) is 0.286. The quantitative estimate of drug-likeness (QED) is 0.378. The minimum Gasteiger partial charge on any atom is -0.464 e. The van der Waals surface area contributed by atoms with Crippen LogP contribution >= 0.6 is 0 Å². The Bertz CT molecular complexity index is 862. The van der Waals surface area contributed by atoms with Gasteiger partial charge in [0.05, 0.1) is 18.4 Å². The highest BCUT2D eigenvalue weighted by molar-refractivity contribution is 6.43. The van der Waals surface area contributed by atoms with E-state index in [1.54, 1.807) is 18.2 Å². The lowest BCUT2D eigenvalue weighted by atomic mass is 10.0. The van der Waals surface area contributed by atoms with Gasteiger partial charge in [-0.1, -0.05) is 64.9 Å². The van der Waals surface area contributed by atoms with Gasteiger partial charge >= 0.3 is 12.1 Å². The van der Waals surface area contributed by atoms with E-state index in [1.807, 2.05) is 26.0 Å². The molecule has 2 aromatic carbocycles. The van der Waals surface area contributed by atoms with Crippen molar-refractivity contribution in [2.24, 2.45) is 10.3 Å². The molecule has 30 heavy (non-hydrogen) atoms. The first-order chi connectivity index (χ1) is 14.2. The third-order valence-electron chi connectivity index (χ3n) is 3.40. The number of halogens is 3. The van der Waals surface area contributed by atoms with Gasteiger partial charge in [-0.25, -0.2) is 4.79 Å². The van der Waals surface area contributed by atoms with Gasteiger partial charge in [0.15, 0.2) is 5.71 Å². The summed E-state index contributed by atoms with van der Waals surface area (Å²) in [7, 11) is 2.66. The van der Waals surface area contributed by atoms with Crippen LogP contribution in [0, 0.1) is 0 Å². The molecule has 0 heterocycles. The van der Waals surface area contributed by atoms with Crippen molar-refractivity contribution < 1.29 is 32.4 Å². The van der Waals surface area contributed by atoms with Crippen LogP contribution in [-0.4, -0.2) is 31.6 Å². The number of ether oxygens (including phenoxy) is 1. The number of hydrogen-bond acceptors (Lipinski definition) is 6. The van der Waals surface area contributed by atoms with Gasteiger partial charge in [-0.15, -0.1) is 0 Å². The molecule has 0 aliphatic rings. The van der Waals surface area contributed by atoms with E-state index in [1.165, 1.54) is 26.4 Å². The molecule has 0 saturated carbocycles. The van der Waals surface area contributed by atoms with E-state index in [0.717, 1.165) is 23.4 Å². The van der Waals surface area contributed by atoms with E-state index < -0.39 is 17.7 Å². The summed E-state index contributed by atoms with van der Waals surface area (Å²) in [5, 5.41) is 7.58. The highest BCUT2D eigenvalue weighted by Gasteiger charge is 2.29. The van der Waals surface area contributed by atoms with Crippen LogP contribution < -0.4 is 0 Å². The molecule has 162 valence electrons. The maximum Gasteiger partial charge on any atom is 0.416 e. The number of esters is 1. The zero-order valence-electron chi connectivity index (χ0n) is 17.1. The fourth-order valence-corrected chi connectivity index (χ4v) is 2.12. The Morgan fingerprint density at radius 3 is 2.03 bits per heavy atom. The predicted molar refractivity (Wildman–Crippen MR) is 107 cm³/mol. The summed E-state index contributed by atoms with van der Waals surface area (Å²) in [6, 6.07) is 13.6. The van der Waals surface area contributed by atoms with Crippen LogP contribution in [0.15, 0.2) is 64.9 Å². The molecule has 0 N–H and O–H groups in total. The first-order valence-corrected chi connectivity index (χ1v) is 8.73. The molecule has 0 aromatic heterocycles. The molecule has 9 heteroatoms. The fourth-order valence-electron chi connectivity index (χ4n) is 2.12. The maximum absolute atomic E-state index is 11.8. The van der Waals surface area contributed by atoms with Crippen molar-refractivity contribution in [2.45, 2.75) is 26.6 Å². The highest BCUT2D eigenvalue weighted by atomic mass is 19.4. The molecule has 0 aliphatic heterocycles. The van der Waals surface area contributed by atoms with E-state index in [2.05, 4.69) is 10.3 Å². The Kier molecular flexibility index (Phi) is 10.1. The number of carbonyl (C=O) groups is 1. The second-order valence-electron chi connectivity index (χ2n) is 5.95. The normalized spacial score (nSPS) is 11.0. The number of hydrogen-bond donors (Lipinski definition) is 0. The Labute approximate surface area is 172 Å². The lowest BCUT2D eigenvalue weighted by molar-refractivity contribution is -0.137. The van der Waals surface area contributed by atoms with Crippen molar-refractivity contribution >= 4 is 17.4 Å². The van der Waals surface area contributed by atoms with Gasteiger partial charge in [0.25, 0.3) is 0 Å². The first kappa shape index (κ1) is 24.7. The van der Waals surface area contributed by atoms with Crippen LogP contribution in [0.1, 0.15) is 30.5 Å². The average molecular weight is 424 g/mol. The standard InChI is InChI=1S/C14H18N2O4.C7H5F3/c1-10(2)15-20-9-11-7-5-6-8-12(11)13(16-19-4)14(17)18-3;8-7(9,10)6-4-2-1-3-5-6/h5-8H,9H2,1-4H3;1-5H/b16-13+;. The molecule has 0 unspecified atom stereocenters. The van der Waals surface area contributed by atoms with Gasteiger partial charge in [0.1, 0.15) is 13.7 Å². The summed E-state index contributed by atoms with van der Waals surface area (Å²) in [5.41, 5.74) is 1.64. The van der Waals surface area contributed by atoms with E-state index in [4.69, 9.17) is 14.4 Å². The van der Waals surface area contributed by atoms with Crippen molar-refractivity contribution in [2.75, 3.05) is 14.2 Å². The van der Waals surface area contributed by atoms with Gasteiger partial charge < -0.3 is 14.4 Å². The van der Waals surface area contributed by atoms with Crippen LogP contribution in [0.4, 0.5) is 13.2 Å². The monoisotopic (exact) mass is 424 g/mol. The van der Waals surface area contributed by atoms with Crippen molar-refractivity contribution in [3.05, 3.63) is 71.3 Å². The molecule has 0 amide bonds. The minimum absolute atomic E-state index is 0.0893. The predicted octanol–water partition coefficient (Wildman–Crippen LogP) is 4.83. The van der Waals surface area contributed by atoms with Crippen LogP contribution in [0.5, 0.6) is 0 Å². The average Bonchev–Trinajstić information content (AvgIpc) is 2.72. The van der Waals surface area contributed by atoms with Gasteiger partial charge in [-0.2, -0.15) is 13.2 Å². The number of carbonyl (C=O) groups excluding carboxylic acids is 1. The van der Waals surface area contributed by atoms with E-state index >= 15 is 0 Å². The largest absolute Gasteiger partial charge is 0.464 e. The Balaban J connectivity index is 0.000000375. The number of rotatable bonds is 6. The second kappa shape index (κ2) is 12.3. The molecule has 0 saturated heterocycles. The van der Waals surface area contributed by atoms with Crippen molar-refractivity contribution in [1.29, 1.82) is 0 Å². The molecule has 2 rings (SSSR count). The molecule has 0 fully saturated rings.